The lowest BCUT2D eigenvalue weighted by molar-refractivity contribution is 0.416. The number of aromatic nitrogens is 5. The topological polar surface area (TPSA) is 77.2 Å². The standard InChI is InChI=1S/C19H20N6OS/c1-12(2)15-8-16(18-23-22-11-25(18)24-15)20-9-13-10-21-19(27-13)14-6-4-5-7-17(14)26-3/h4-8,10-12,20H,9H2,1-3H3. The molecule has 4 aromatic rings. The molecule has 138 valence electrons. The van der Waals surface area contributed by atoms with Crippen molar-refractivity contribution in [1.29, 1.82) is 0 Å². The van der Waals surface area contributed by atoms with E-state index in [0.717, 1.165) is 32.6 Å². The highest BCUT2D eigenvalue weighted by atomic mass is 32.1. The fourth-order valence-corrected chi connectivity index (χ4v) is 3.66. The van der Waals surface area contributed by atoms with Crippen molar-refractivity contribution in [3.05, 3.63) is 53.4 Å². The van der Waals surface area contributed by atoms with Crippen LogP contribution in [-0.2, 0) is 6.54 Å². The number of nitrogens with one attached hydrogen (secondary N) is 1. The van der Waals surface area contributed by atoms with Gasteiger partial charge in [0.15, 0.2) is 0 Å². The minimum atomic E-state index is 0.318. The van der Waals surface area contributed by atoms with Crippen LogP contribution in [0.25, 0.3) is 16.2 Å². The summed E-state index contributed by atoms with van der Waals surface area (Å²) in [6, 6.07) is 9.95. The van der Waals surface area contributed by atoms with Crippen molar-refractivity contribution in [3.63, 3.8) is 0 Å². The fourth-order valence-electron chi connectivity index (χ4n) is 2.78. The van der Waals surface area contributed by atoms with Gasteiger partial charge in [0.2, 0.25) is 5.65 Å². The molecule has 1 N–H and O–H groups in total. The van der Waals surface area contributed by atoms with E-state index in [1.807, 2.05) is 36.5 Å². The first kappa shape index (κ1) is 17.4. The van der Waals surface area contributed by atoms with Crippen LogP contribution in [-0.4, -0.2) is 31.9 Å². The Kier molecular flexibility index (Phi) is 4.72. The molecule has 27 heavy (non-hydrogen) atoms. The minimum absolute atomic E-state index is 0.318. The zero-order valence-electron chi connectivity index (χ0n) is 15.4. The van der Waals surface area contributed by atoms with E-state index in [2.05, 4.69) is 39.4 Å². The Morgan fingerprint density at radius 1 is 1.26 bits per heavy atom. The quantitative estimate of drug-likeness (QED) is 0.545. The molecule has 3 aromatic heterocycles. The lowest BCUT2D eigenvalue weighted by atomic mass is 10.1. The molecule has 0 bridgehead atoms. The van der Waals surface area contributed by atoms with Crippen molar-refractivity contribution in [2.24, 2.45) is 0 Å². The molecule has 0 atom stereocenters. The highest BCUT2D eigenvalue weighted by Crippen LogP contribution is 2.33. The minimum Gasteiger partial charge on any atom is -0.496 e. The maximum Gasteiger partial charge on any atom is 0.200 e. The highest BCUT2D eigenvalue weighted by Gasteiger charge is 2.12. The van der Waals surface area contributed by atoms with Crippen molar-refractivity contribution in [2.75, 3.05) is 12.4 Å². The van der Waals surface area contributed by atoms with Gasteiger partial charge in [0, 0.05) is 11.1 Å². The molecule has 0 unspecified atom stereocenters. The number of nitrogens with zero attached hydrogens (tertiary/aromatic N) is 5. The van der Waals surface area contributed by atoms with Gasteiger partial charge in [-0.15, -0.1) is 21.5 Å². The Bertz CT molecular complexity index is 1070. The summed E-state index contributed by atoms with van der Waals surface area (Å²) < 4.78 is 7.15. The van der Waals surface area contributed by atoms with Crippen molar-refractivity contribution >= 4 is 22.7 Å². The smallest absolute Gasteiger partial charge is 0.200 e. The summed E-state index contributed by atoms with van der Waals surface area (Å²) in [6.07, 6.45) is 3.52. The second-order valence-corrected chi connectivity index (χ2v) is 7.54. The predicted octanol–water partition coefficient (Wildman–Crippen LogP) is 3.99. The van der Waals surface area contributed by atoms with E-state index < -0.39 is 0 Å². The number of hydrogen-bond donors (Lipinski definition) is 1. The van der Waals surface area contributed by atoms with Crippen LogP contribution in [0, 0.1) is 0 Å². The molecule has 0 saturated heterocycles. The van der Waals surface area contributed by atoms with Crippen LogP contribution in [0.4, 0.5) is 5.69 Å². The van der Waals surface area contributed by atoms with Gasteiger partial charge in [-0.3, -0.25) is 0 Å². The molecule has 0 fully saturated rings. The molecule has 3 heterocycles. The third kappa shape index (κ3) is 3.48. The van der Waals surface area contributed by atoms with Crippen molar-refractivity contribution < 1.29 is 4.74 Å². The first-order valence-electron chi connectivity index (χ1n) is 8.68. The molecule has 0 aliphatic heterocycles. The molecular formula is C19H20N6OS. The zero-order chi connectivity index (χ0) is 18.8. The Balaban J connectivity index is 1.57. The van der Waals surface area contributed by atoms with Gasteiger partial charge in [-0.25, -0.2) is 4.98 Å². The van der Waals surface area contributed by atoms with Crippen LogP contribution in [0.3, 0.4) is 0 Å². The molecule has 0 aliphatic rings. The van der Waals surface area contributed by atoms with Crippen LogP contribution in [0.5, 0.6) is 5.75 Å². The van der Waals surface area contributed by atoms with Crippen molar-refractivity contribution in [3.8, 4) is 16.3 Å². The van der Waals surface area contributed by atoms with Crippen LogP contribution < -0.4 is 10.1 Å². The number of thiazole rings is 1. The average Bonchev–Trinajstić information content (AvgIpc) is 3.35. The molecule has 0 radical (unpaired) electrons. The number of fused-ring (bicyclic) bond motifs is 1. The molecule has 7 nitrogen and oxygen atoms in total. The first-order valence-corrected chi connectivity index (χ1v) is 9.50. The maximum absolute atomic E-state index is 5.44. The van der Waals surface area contributed by atoms with Gasteiger partial charge in [0.25, 0.3) is 0 Å². The third-order valence-electron chi connectivity index (χ3n) is 4.22. The number of anilines is 1. The van der Waals surface area contributed by atoms with Crippen LogP contribution in [0.2, 0.25) is 0 Å². The Labute approximate surface area is 161 Å². The van der Waals surface area contributed by atoms with Gasteiger partial charge in [0.05, 0.1) is 30.6 Å². The van der Waals surface area contributed by atoms with E-state index in [4.69, 9.17) is 4.74 Å². The Morgan fingerprint density at radius 2 is 2.11 bits per heavy atom. The van der Waals surface area contributed by atoms with Gasteiger partial charge in [-0.1, -0.05) is 26.0 Å². The van der Waals surface area contributed by atoms with E-state index in [9.17, 15) is 0 Å². The van der Waals surface area contributed by atoms with E-state index in [0.29, 0.717) is 18.1 Å². The second-order valence-electron chi connectivity index (χ2n) is 6.42. The molecule has 1 aromatic carbocycles. The monoisotopic (exact) mass is 380 g/mol. The summed E-state index contributed by atoms with van der Waals surface area (Å²) in [4.78, 5) is 5.68. The van der Waals surface area contributed by atoms with Gasteiger partial charge in [-0.2, -0.15) is 9.61 Å². The van der Waals surface area contributed by atoms with Gasteiger partial charge in [-0.05, 0) is 24.1 Å². The molecule has 0 amide bonds. The van der Waals surface area contributed by atoms with Gasteiger partial charge < -0.3 is 10.1 Å². The van der Waals surface area contributed by atoms with E-state index >= 15 is 0 Å². The van der Waals surface area contributed by atoms with Crippen molar-refractivity contribution in [1.82, 2.24) is 24.8 Å². The lowest BCUT2D eigenvalue weighted by Gasteiger charge is -2.10. The molecule has 0 saturated carbocycles. The fraction of sp³-hybridized carbons (Fsp3) is 0.263. The summed E-state index contributed by atoms with van der Waals surface area (Å²) in [7, 11) is 1.68. The van der Waals surface area contributed by atoms with Gasteiger partial charge >= 0.3 is 0 Å². The largest absolute Gasteiger partial charge is 0.496 e. The number of methoxy groups -OCH3 is 1. The van der Waals surface area contributed by atoms with Crippen LogP contribution in [0.1, 0.15) is 30.3 Å². The number of para-hydroxylation sites is 1. The maximum atomic E-state index is 5.44. The molecule has 8 heteroatoms. The van der Waals surface area contributed by atoms with Crippen LogP contribution >= 0.6 is 11.3 Å². The number of benzene rings is 1. The zero-order valence-corrected chi connectivity index (χ0v) is 16.2. The van der Waals surface area contributed by atoms with Crippen LogP contribution in [0.15, 0.2) is 42.9 Å². The highest BCUT2D eigenvalue weighted by molar-refractivity contribution is 7.15. The van der Waals surface area contributed by atoms with E-state index in [-0.39, 0.29) is 0 Å². The normalized spacial score (nSPS) is 11.3. The number of hydrogen-bond acceptors (Lipinski definition) is 7. The van der Waals surface area contributed by atoms with Crippen molar-refractivity contribution in [2.45, 2.75) is 26.3 Å². The Hall–Kier alpha value is -3.00. The van der Waals surface area contributed by atoms with E-state index in [1.54, 1.807) is 29.3 Å². The predicted molar refractivity (Wildman–Crippen MR) is 106 cm³/mol. The molecule has 4 rings (SSSR count). The third-order valence-corrected chi connectivity index (χ3v) is 5.25. The summed E-state index contributed by atoms with van der Waals surface area (Å²) in [5.74, 6) is 1.14. The van der Waals surface area contributed by atoms with Gasteiger partial charge in [0.1, 0.15) is 17.1 Å². The summed E-state index contributed by atoms with van der Waals surface area (Å²) in [5, 5.41) is 17.1. The molecular weight excluding hydrogens is 360 g/mol. The second kappa shape index (κ2) is 7.32. The average molecular weight is 380 g/mol. The lowest BCUT2D eigenvalue weighted by Crippen LogP contribution is -2.05. The Morgan fingerprint density at radius 3 is 2.93 bits per heavy atom. The molecule has 0 aliphatic carbocycles. The summed E-state index contributed by atoms with van der Waals surface area (Å²) in [5.41, 5.74) is 3.62. The first-order chi connectivity index (χ1) is 13.2. The van der Waals surface area contributed by atoms with E-state index in [1.165, 1.54) is 0 Å². The summed E-state index contributed by atoms with van der Waals surface area (Å²) >= 11 is 1.64. The number of ether oxygens (including phenoxy) is 1. The number of rotatable bonds is 6. The SMILES string of the molecule is COc1ccccc1-c1ncc(CNc2cc(C(C)C)nn3cnnc23)s1. The summed E-state index contributed by atoms with van der Waals surface area (Å²) in [6.45, 7) is 4.88. The molecule has 0 spiro atoms.